The number of imidazole rings is 1. The first-order valence-electron chi connectivity index (χ1n) is 10.9. The molecule has 1 aliphatic heterocycles. The zero-order chi connectivity index (χ0) is 23.3. The van der Waals surface area contributed by atoms with Crippen LogP contribution in [-0.2, 0) is 4.74 Å². The Morgan fingerprint density at radius 1 is 1.27 bits per heavy atom. The molecule has 0 unspecified atom stereocenters. The lowest BCUT2D eigenvalue weighted by atomic mass is 10.1. The Bertz CT molecular complexity index is 1190. The highest BCUT2D eigenvalue weighted by Crippen LogP contribution is 2.33. The SMILES string of the molecule is Cc1cc(C(N)=O)nn1-c1nc(NC2CCCC2)c2ncn([C@@H]3O[C@H](CO)[C@@H](O)[C@H]3O)c2n1. The number of nitrogens with zero attached hydrogens (tertiary/aromatic N) is 6. The molecule has 33 heavy (non-hydrogen) atoms. The van der Waals surface area contributed by atoms with E-state index in [1.165, 1.54) is 15.6 Å². The summed E-state index contributed by atoms with van der Waals surface area (Å²) in [5.74, 6) is 0.00296. The van der Waals surface area contributed by atoms with Gasteiger partial charge in [-0.2, -0.15) is 15.1 Å². The molecule has 0 radical (unpaired) electrons. The van der Waals surface area contributed by atoms with E-state index < -0.39 is 37.1 Å². The number of nitrogens with one attached hydrogen (secondary N) is 1. The van der Waals surface area contributed by atoms with Crippen molar-refractivity contribution in [2.24, 2.45) is 5.73 Å². The number of amides is 1. The summed E-state index contributed by atoms with van der Waals surface area (Å²) in [6.45, 7) is 1.30. The second-order valence-electron chi connectivity index (χ2n) is 8.50. The number of aliphatic hydroxyl groups is 3. The molecule has 2 fully saturated rings. The van der Waals surface area contributed by atoms with E-state index >= 15 is 0 Å². The largest absolute Gasteiger partial charge is 0.394 e. The lowest BCUT2D eigenvalue weighted by Crippen LogP contribution is -2.33. The van der Waals surface area contributed by atoms with Crippen LogP contribution in [0.4, 0.5) is 5.82 Å². The molecule has 176 valence electrons. The van der Waals surface area contributed by atoms with Crippen molar-refractivity contribution in [3.05, 3.63) is 23.8 Å². The van der Waals surface area contributed by atoms with E-state index in [1.807, 2.05) is 0 Å². The van der Waals surface area contributed by atoms with Crippen molar-refractivity contribution >= 4 is 22.9 Å². The molecule has 1 aliphatic carbocycles. The number of hydrogen-bond acceptors (Lipinski definition) is 10. The zero-order valence-electron chi connectivity index (χ0n) is 18.0. The number of primary amides is 1. The third-order valence-electron chi connectivity index (χ3n) is 6.23. The topological polar surface area (TPSA) is 186 Å². The van der Waals surface area contributed by atoms with Gasteiger partial charge in [0.05, 0.1) is 12.9 Å². The van der Waals surface area contributed by atoms with Gasteiger partial charge < -0.3 is 31.1 Å². The van der Waals surface area contributed by atoms with Gasteiger partial charge in [0.1, 0.15) is 18.3 Å². The highest BCUT2D eigenvalue weighted by atomic mass is 16.6. The normalized spacial score (nSPS) is 25.8. The van der Waals surface area contributed by atoms with Gasteiger partial charge in [0.25, 0.3) is 11.9 Å². The van der Waals surface area contributed by atoms with Crippen LogP contribution < -0.4 is 11.1 Å². The molecule has 1 saturated heterocycles. The van der Waals surface area contributed by atoms with Gasteiger partial charge >= 0.3 is 0 Å². The average molecular weight is 458 g/mol. The van der Waals surface area contributed by atoms with Crippen molar-refractivity contribution in [2.75, 3.05) is 11.9 Å². The van der Waals surface area contributed by atoms with Crippen molar-refractivity contribution in [1.29, 1.82) is 0 Å². The summed E-state index contributed by atoms with van der Waals surface area (Å²) in [5, 5.41) is 37.8. The summed E-state index contributed by atoms with van der Waals surface area (Å²) in [5.41, 5.74) is 6.87. The summed E-state index contributed by atoms with van der Waals surface area (Å²) in [7, 11) is 0. The molecule has 2 aliphatic rings. The molecule has 4 heterocycles. The second kappa shape index (κ2) is 8.33. The number of carbonyl (C=O) groups excluding carboxylic acids is 1. The van der Waals surface area contributed by atoms with Crippen LogP contribution in [0.5, 0.6) is 0 Å². The lowest BCUT2D eigenvalue weighted by molar-refractivity contribution is -0.0511. The van der Waals surface area contributed by atoms with Crippen LogP contribution in [0.3, 0.4) is 0 Å². The minimum Gasteiger partial charge on any atom is -0.394 e. The van der Waals surface area contributed by atoms with E-state index in [9.17, 15) is 20.1 Å². The fraction of sp³-hybridized carbons (Fsp3) is 0.550. The molecule has 0 aromatic carbocycles. The Kier molecular flexibility index (Phi) is 5.48. The smallest absolute Gasteiger partial charge is 0.269 e. The van der Waals surface area contributed by atoms with E-state index in [0.29, 0.717) is 22.7 Å². The maximum atomic E-state index is 11.6. The van der Waals surface area contributed by atoms with Gasteiger partial charge in [-0.3, -0.25) is 9.36 Å². The number of carbonyl (C=O) groups is 1. The Hall–Kier alpha value is -3.13. The van der Waals surface area contributed by atoms with E-state index in [1.54, 1.807) is 13.0 Å². The van der Waals surface area contributed by atoms with E-state index in [2.05, 4.69) is 25.4 Å². The van der Waals surface area contributed by atoms with Gasteiger partial charge in [-0.25, -0.2) is 9.67 Å². The van der Waals surface area contributed by atoms with Crippen LogP contribution in [0.25, 0.3) is 17.1 Å². The van der Waals surface area contributed by atoms with Crippen LogP contribution >= 0.6 is 0 Å². The fourth-order valence-corrected chi connectivity index (χ4v) is 4.46. The number of aromatic nitrogens is 6. The molecular formula is C20H26N8O5. The van der Waals surface area contributed by atoms with Gasteiger partial charge in [-0.15, -0.1) is 0 Å². The predicted molar refractivity (Wildman–Crippen MR) is 115 cm³/mol. The molecule has 1 saturated carbocycles. The van der Waals surface area contributed by atoms with Crippen LogP contribution in [0, 0.1) is 6.92 Å². The van der Waals surface area contributed by atoms with E-state index in [4.69, 9.17) is 10.5 Å². The molecule has 0 bridgehead atoms. The first-order valence-corrected chi connectivity index (χ1v) is 10.9. The van der Waals surface area contributed by atoms with Gasteiger partial charge in [0.2, 0.25) is 0 Å². The van der Waals surface area contributed by atoms with Crippen LogP contribution in [-0.4, -0.2) is 81.5 Å². The minimum atomic E-state index is -1.29. The van der Waals surface area contributed by atoms with Crippen LogP contribution in [0.2, 0.25) is 0 Å². The Labute approximate surface area is 188 Å². The zero-order valence-corrected chi connectivity index (χ0v) is 18.0. The van der Waals surface area contributed by atoms with Crippen LogP contribution in [0.1, 0.15) is 48.1 Å². The first-order chi connectivity index (χ1) is 15.9. The van der Waals surface area contributed by atoms with Crippen LogP contribution in [0.15, 0.2) is 12.4 Å². The molecule has 3 aromatic heterocycles. The summed E-state index contributed by atoms with van der Waals surface area (Å²) < 4.78 is 8.58. The van der Waals surface area contributed by atoms with Gasteiger partial charge in [0, 0.05) is 11.7 Å². The molecule has 13 heteroatoms. The number of aryl methyl sites for hydroxylation is 1. The Morgan fingerprint density at radius 3 is 2.67 bits per heavy atom. The van der Waals surface area contributed by atoms with Gasteiger partial charge in [-0.05, 0) is 25.8 Å². The third kappa shape index (κ3) is 3.72. The summed E-state index contributed by atoms with van der Waals surface area (Å²) in [6.07, 6.45) is 1.19. The summed E-state index contributed by atoms with van der Waals surface area (Å²) >= 11 is 0. The van der Waals surface area contributed by atoms with Gasteiger partial charge in [-0.1, -0.05) is 12.8 Å². The molecular weight excluding hydrogens is 432 g/mol. The number of ether oxygens (including phenoxy) is 1. The molecule has 6 N–H and O–H groups in total. The number of rotatable bonds is 6. The third-order valence-corrected chi connectivity index (χ3v) is 6.23. The van der Waals surface area contributed by atoms with Crippen molar-refractivity contribution in [3.8, 4) is 5.95 Å². The Morgan fingerprint density at radius 2 is 2.03 bits per heavy atom. The molecule has 5 rings (SSSR count). The molecule has 0 spiro atoms. The molecule has 1 amide bonds. The van der Waals surface area contributed by atoms with Crippen molar-refractivity contribution < 1.29 is 24.9 Å². The number of nitrogens with two attached hydrogens (primary N) is 1. The van der Waals surface area contributed by atoms with E-state index in [0.717, 1.165) is 25.7 Å². The quantitative estimate of drug-likeness (QED) is 0.319. The minimum absolute atomic E-state index is 0.0819. The monoisotopic (exact) mass is 458 g/mol. The standard InChI is InChI=1S/C20H26N8O5/c1-9-6-11(16(21)32)26-28(9)20-24-17(23-10-4-2-3-5-10)13-18(25-20)27(8-22-13)19-15(31)14(30)12(7-29)33-19/h6,8,10,12,14-15,19,29-31H,2-5,7H2,1H3,(H2,21,32)(H,23,24,25)/t12-,14-,15-,19-/m1/s1. The predicted octanol–water partition coefficient (Wildman–Crippen LogP) is -0.615. The Balaban J connectivity index is 1.63. The first kappa shape index (κ1) is 21.7. The number of hydrogen-bond donors (Lipinski definition) is 5. The average Bonchev–Trinajstić information content (AvgIpc) is 3.57. The van der Waals surface area contributed by atoms with Crippen molar-refractivity contribution in [3.63, 3.8) is 0 Å². The maximum absolute atomic E-state index is 11.6. The van der Waals surface area contributed by atoms with Crippen molar-refractivity contribution in [1.82, 2.24) is 29.3 Å². The number of anilines is 1. The molecule has 13 nitrogen and oxygen atoms in total. The summed E-state index contributed by atoms with van der Waals surface area (Å²) in [4.78, 5) is 25.3. The maximum Gasteiger partial charge on any atom is 0.269 e. The second-order valence-corrected chi connectivity index (χ2v) is 8.50. The molecule has 3 aromatic rings. The van der Waals surface area contributed by atoms with Gasteiger partial charge in [0.15, 0.2) is 28.9 Å². The van der Waals surface area contributed by atoms with Crippen molar-refractivity contribution in [2.45, 2.75) is 63.2 Å². The molecule has 4 atom stereocenters. The number of fused-ring (bicyclic) bond motifs is 1. The fourth-order valence-electron chi connectivity index (χ4n) is 4.46. The highest BCUT2D eigenvalue weighted by molar-refractivity contribution is 5.91. The summed E-state index contributed by atoms with van der Waals surface area (Å²) in [6, 6.07) is 1.78. The lowest BCUT2D eigenvalue weighted by Gasteiger charge is -2.18. The van der Waals surface area contributed by atoms with E-state index in [-0.39, 0.29) is 17.7 Å². The number of aliphatic hydroxyl groups excluding tert-OH is 3. The highest BCUT2D eigenvalue weighted by Gasteiger charge is 2.44.